The molecule has 1 atom stereocenters. The predicted octanol–water partition coefficient (Wildman–Crippen LogP) is 3.38. The van der Waals surface area contributed by atoms with Crippen molar-refractivity contribution in [2.75, 3.05) is 31.1 Å². The smallest absolute Gasteiger partial charge is 0.245 e. The molecule has 4 rings (SSSR count). The topological polar surface area (TPSA) is 56.8 Å². The highest BCUT2D eigenvalue weighted by Gasteiger charge is 2.37. The van der Waals surface area contributed by atoms with Crippen LogP contribution < -0.4 is 4.90 Å². The maximum absolute atomic E-state index is 13.5. The number of halogens is 1. The minimum Gasteiger partial charge on any atom is -0.353 e. The maximum Gasteiger partial charge on any atom is 0.245 e. The number of aromatic nitrogens is 1. The fourth-order valence-electron chi connectivity index (χ4n) is 4.39. The zero-order valence-electron chi connectivity index (χ0n) is 18.1. The SMILES string of the molecule is CC(C)CC(=O)N1Cc2ccccc2CC1C(=O)N1CCN(c2ccc(Cl)cn2)CC1. The maximum atomic E-state index is 13.5. The molecule has 2 aromatic rings. The van der Waals surface area contributed by atoms with Crippen LogP contribution in [0.2, 0.25) is 5.02 Å². The van der Waals surface area contributed by atoms with Crippen molar-refractivity contribution < 1.29 is 9.59 Å². The van der Waals surface area contributed by atoms with Crippen molar-refractivity contribution in [1.29, 1.82) is 0 Å². The molecule has 2 amide bonds. The zero-order valence-corrected chi connectivity index (χ0v) is 18.9. The molecule has 0 spiro atoms. The lowest BCUT2D eigenvalue weighted by molar-refractivity contribution is -0.147. The summed E-state index contributed by atoms with van der Waals surface area (Å²) in [6, 6.07) is 11.4. The molecule has 1 saturated heterocycles. The number of carbonyl (C=O) groups excluding carboxylic acids is 2. The Morgan fingerprint density at radius 3 is 2.42 bits per heavy atom. The fourth-order valence-corrected chi connectivity index (χ4v) is 4.51. The number of fused-ring (bicyclic) bond motifs is 1. The Morgan fingerprint density at radius 2 is 1.77 bits per heavy atom. The molecule has 6 nitrogen and oxygen atoms in total. The molecular weight excluding hydrogens is 412 g/mol. The van der Waals surface area contributed by atoms with Gasteiger partial charge in [-0.3, -0.25) is 9.59 Å². The molecule has 1 aromatic carbocycles. The zero-order chi connectivity index (χ0) is 22.0. The molecule has 1 unspecified atom stereocenters. The van der Waals surface area contributed by atoms with Gasteiger partial charge in [0.1, 0.15) is 11.9 Å². The monoisotopic (exact) mass is 440 g/mol. The summed E-state index contributed by atoms with van der Waals surface area (Å²) in [6.07, 6.45) is 2.69. The van der Waals surface area contributed by atoms with Gasteiger partial charge in [-0.25, -0.2) is 4.98 Å². The molecule has 0 radical (unpaired) electrons. The van der Waals surface area contributed by atoms with Crippen molar-refractivity contribution in [2.45, 2.75) is 39.3 Å². The van der Waals surface area contributed by atoms with Crippen LogP contribution in [0.5, 0.6) is 0 Å². The number of hydrogen-bond donors (Lipinski definition) is 0. The first-order chi connectivity index (χ1) is 14.9. The third-order valence-electron chi connectivity index (χ3n) is 6.06. The second-order valence-corrected chi connectivity index (χ2v) is 9.19. The highest BCUT2D eigenvalue weighted by atomic mass is 35.5. The largest absolute Gasteiger partial charge is 0.353 e. The number of piperazine rings is 1. The van der Waals surface area contributed by atoms with Crippen LogP contribution in [0.15, 0.2) is 42.6 Å². The number of amides is 2. The summed E-state index contributed by atoms with van der Waals surface area (Å²) < 4.78 is 0. The van der Waals surface area contributed by atoms with Gasteiger partial charge in [-0.2, -0.15) is 0 Å². The quantitative estimate of drug-likeness (QED) is 0.731. The molecule has 164 valence electrons. The van der Waals surface area contributed by atoms with Crippen molar-refractivity contribution in [1.82, 2.24) is 14.8 Å². The van der Waals surface area contributed by atoms with Gasteiger partial charge in [0.05, 0.1) is 5.02 Å². The van der Waals surface area contributed by atoms with E-state index in [-0.39, 0.29) is 17.7 Å². The molecule has 3 heterocycles. The van der Waals surface area contributed by atoms with E-state index in [1.54, 1.807) is 11.1 Å². The summed E-state index contributed by atoms with van der Waals surface area (Å²) in [5, 5.41) is 0.612. The molecule has 0 N–H and O–H groups in total. The van der Waals surface area contributed by atoms with Gasteiger partial charge >= 0.3 is 0 Å². The van der Waals surface area contributed by atoms with E-state index in [4.69, 9.17) is 11.6 Å². The van der Waals surface area contributed by atoms with Gasteiger partial charge in [0.2, 0.25) is 11.8 Å². The summed E-state index contributed by atoms with van der Waals surface area (Å²) in [5.74, 6) is 1.25. The molecule has 2 aliphatic heterocycles. The third kappa shape index (κ3) is 4.85. The number of hydrogen-bond acceptors (Lipinski definition) is 4. The van der Waals surface area contributed by atoms with Crippen molar-refractivity contribution >= 4 is 29.2 Å². The van der Waals surface area contributed by atoms with Crippen LogP contribution in [0.25, 0.3) is 0 Å². The molecule has 7 heteroatoms. The lowest BCUT2D eigenvalue weighted by Gasteiger charge is -2.41. The van der Waals surface area contributed by atoms with E-state index >= 15 is 0 Å². The number of pyridine rings is 1. The summed E-state index contributed by atoms with van der Waals surface area (Å²) in [4.78, 5) is 36.8. The van der Waals surface area contributed by atoms with E-state index in [1.165, 1.54) is 5.56 Å². The van der Waals surface area contributed by atoms with E-state index in [0.717, 1.165) is 11.4 Å². The van der Waals surface area contributed by atoms with E-state index in [1.807, 2.05) is 43.0 Å². The first-order valence-electron chi connectivity index (χ1n) is 10.9. The van der Waals surface area contributed by atoms with Gasteiger partial charge in [-0.1, -0.05) is 49.7 Å². The third-order valence-corrected chi connectivity index (χ3v) is 6.29. The second-order valence-electron chi connectivity index (χ2n) is 8.76. The molecule has 0 aliphatic carbocycles. The molecule has 1 aromatic heterocycles. The number of anilines is 1. The van der Waals surface area contributed by atoms with Crippen LogP contribution in [0, 0.1) is 5.92 Å². The Bertz CT molecular complexity index is 939. The second kappa shape index (κ2) is 9.27. The summed E-state index contributed by atoms with van der Waals surface area (Å²) in [6.45, 7) is 7.24. The first-order valence-corrected chi connectivity index (χ1v) is 11.3. The lowest BCUT2D eigenvalue weighted by atomic mass is 9.92. The van der Waals surface area contributed by atoms with Gasteiger partial charge < -0.3 is 14.7 Å². The van der Waals surface area contributed by atoms with Crippen LogP contribution >= 0.6 is 11.6 Å². The highest BCUT2D eigenvalue weighted by Crippen LogP contribution is 2.26. The minimum absolute atomic E-state index is 0.0512. The minimum atomic E-state index is -0.429. The average Bonchev–Trinajstić information content (AvgIpc) is 2.78. The van der Waals surface area contributed by atoms with E-state index < -0.39 is 6.04 Å². The Morgan fingerprint density at radius 1 is 1.06 bits per heavy atom. The van der Waals surface area contributed by atoms with Crippen LogP contribution in [0.1, 0.15) is 31.4 Å². The Hall–Kier alpha value is -2.60. The lowest BCUT2D eigenvalue weighted by Crippen LogP contribution is -2.57. The summed E-state index contributed by atoms with van der Waals surface area (Å²) in [5.41, 5.74) is 2.31. The predicted molar refractivity (Wildman–Crippen MR) is 122 cm³/mol. The number of carbonyl (C=O) groups is 2. The molecule has 1 fully saturated rings. The molecule has 0 bridgehead atoms. The Kier molecular flexibility index (Phi) is 6.46. The normalized spacial score (nSPS) is 18.8. The number of benzene rings is 1. The van der Waals surface area contributed by atoms with Crippen molar-refractivity contribution in [3.63, 3.8) is 0 Å². The van der Waals surface area contributed by atoms with E-state index in [2.05, 4.69) is 22.0 Å². The van der Waals surface area contributed by atoms with Crippen molar-refractivity contribution in [3.05, 3.63) is 58.7 Å². The van der Waals surface area contributed by atoms with Crippen LogP contribution in [-0.4, -0.2) is 58.8 Å². The molecule has 0 saturated carbocycles. The first kappa shape index (κ1) is 21.6. The standard InChI is InChI=1S/C24H29ClN4O2/c1-17(2)13-23(30)29-16-19-6-4-3-5-18(19)14-21(29)24(31)28-11-9-27(10-12-28)22-8-7-20(25)15-26-22/h3-8,15,17,21H,9-14,16H2,1-2H3. The van der Waals surface area contributed by atoms with E-state index in [9.17, 15) is 9.59 Å². The van der Waals surface area contributed by atoms with Gasteiger partial charge in [0.15, 0.2) is 0 Å². The number of rotatable bonds is 4. The van der Waals surface area contributed by atoms with Gasteiger partial charge in [0, 0.05) is 51.8 Å². The van der Waals surface area contributed by atoms with Crippen molar-refractivity contribution in [3.8, 4) is 0 Å². The Labute approximate surface area is 188 Å². The van der Waals surface area contributed by atoms with Crippen LogP contribution in [-0.2, 0) is 22.6 Å². The van der Waals surface area contributed by atoms with Crippen LogP contribution in [0.4, 0.5) is 5.82 Å². The van der Waals surface area contributed by atoms with E-state index in [0.29, 0.717) is 50.6 Å². The summed E-state index contributed by atoms with van der Waals surface area (Å²) in [7, 11) is 0. The van der Waals surface area contributed by atoms with Crippen molar-refractivity contribution in [2.24, 2.45) is 5.92 Å². The molecule has 31 heavy (non-hydrogen) atoms. The molecular formula is C24H29ClN4O2. The van der Waals surface area contributed by atoms with Crippen LogP contribution in [0.3, 0.4) is 0 Å². The fraction of sp³-hybridized carbons (Fsp3) is 0.458. The number of nitrogens with zero attached hydrogens (tertiary/aromatic N) is 4. The average molecular weight is 441 g/mol. The van der Waals surface area contributed by atoms with Gasteiger partial charge in [-0.15, -0.1) is 0 Å². The highest BCUT2D eigenvalue weighted by molar-refractivity contribution is 6.30. The Balaban J connectivity index is 1.47. The van der Waals surface area contributed by atoms with Gasteiger partial charge in [-0.05, 0) is 29.2 Å². The van der Waals surface area contributed by atoms with Gasteiger partial charge in [0.25, 0.3) is 0 Å². The molecule has 2 aliphatic rings. The summed E-state index contributed by atoms with van der Waals surface area (Å²) >= 11 is 5.94.